The van der Waals surface area contributed by atoms with Gasteiger partial charge in [0.1, 0.15) is 11.5 Å². The van der Waals surface area contributed by atoms with E-state index in [4.69, 9.17) is 10.5 Å². The van der Waals surface area contributed by atoms with Gasteiger partial charge in [0.15, 0.2) is 0 Å². The number of hydrogen-bond acceptors (Lipinski definition) is 5. The van der Waals surface area contributed by atoms with Crippen LogP contribution in [0, 0.1) is 12.8 Å². The highest BCUT2D eigenvalue weighted by molar-refractivity contribution is 5.96. The van der Waals surface area contributed by atoms with Gasteiger partial charge in [-0.15, -0.1) is 0 Å². The minimum Gasteiger partial charge on any atom is -0.507 e. The van der Waals surface area contributed by atoms with Crippen LogP contribution in [0.5, 0.6) is 11.5 Å². The third-order valence-electron chi connectivity index (χ3n) is 6.31. The van der Waals surface area contributed by atoms with Gasteiger partial charge in [-0.3, -0.25) is 4.79 Å². The summed E-state index contributed by atoms with van der Waals surface area (Å²) in [5.41, 5.74) is 9.10. The lowest BCUT2D eigenvalue weighted by atomic mass is 9.83. The lowest BCUT2D eigenvalue weighted by Gasteiger charge is -2.40. The molecule has 0 aromatic heterocycles. The van der Waals surface area contributed by atoms with E-state index < -0.39 is 0 Å². The Morgan fingerprint density at radius 1 is 1.17 bits per heavy atom. The molecule has 2 aliphatic rings. The molecule has 0 aliphatic carbocycles. The fourth-order valence-electron chi connectivity index (χ4n) is 4.58. The zero-order chi connectivity index (χ0) is 20.5. The topological polar surface area (TPSA) is 96.0 Å². The minimum atomic E-state index is -0.212. The van der Waals surface area contributed by atoms with E-state index in [1.807, 2.05) is 19.1 Å². The van der Waals surface area contributed by atoms with Crippen LogP contribution in [0.25, 0.3) is 0 Å². The highest BCUT2D eigenvalue weighted by atomic mass is 16.5. The van der Waals surface area contributed by atoms with Crippen LogP contribution >= 0.6 is 0 Å². The Kier molecular flexibility index (Phi) is 5.48. The molecule has 1 saturated heterocycles. The van der Waals surface area contributed by atoms with Crippen molar-refractivity contribution >= 4 is 5.91 Å². The number of ether oxygens (including phenoxy) is 1. The van der Waals surface area contributed by atoms with Crippen molar-refractivity contribution < 1.29 is 19.7 Å². The van der Waals surface area contributed by atoms with Gasteiger partial charge in [0.2, 0.25) is 0 Å². The molecule has 4 rings (SSSR count). The summed E-state index contributed by atoms with van der Waals surface area (Å²) in [7, 11) is 0. The van der Waals surface area contributed by atoms with Crippen LogP contribution in [-0.4, -0.2) is 46.8 Å². The molecule has 2 aromatic carbocycles. The summed E-state index contributed by atoms with van der Waals surface area (Å²) < 4.78 is 6.32. The predicted octanol–water partition coefficient (Wildman–Crippen LogP) is 2.90. The van der Waals surface area contributed by atoms with Crippen LogP contribution in [0.1, 0.15) is 46.0 Å². The Labute approximate surface area is 170 Å². The number of benzene rings is 2. The molecule has 6 heteroatoms. The summed E-state index contributed by atoms with van der Waals surface area (Å²) in [5.74, 6) is 0.528. The second-order valence-corrected chi connectivity index (χ2v) is 8.05. The van der Waals surface area contributed by atoms with Gasteiger partial charge in [0, 0.05) is 31.6 Å². The molecule has 2 aromatic rings. The van der Waals surface area contributed by atoms with Gasteiger partial charge in [-0.25, -0.2) is 0 Å². The van der Waals surface area contributed by atoms with E-state index in [0.29, 0.717) is 43.3 Å². The number of amides is 1. The van der Waals surface area contributed by atoms with Gasteiger partial charge in [-0.1, -0.05) is 24.3 Å². The van der Waals surface area contributed by atoms with E-state index in [0.717, 1.165) is 29.5 Å². The largest absolute Gasteiger partial charge is 0.507 e. The highest BCUT2D eigenvalue weighted by Crippen LogP contribution is 2.40. The molecule has 29 heavy (non-hydrogen) atoms. The van der Waals surface area contributed by atoms with Crippen molar-refractivity contribution in [1.29, 1.82) is 0 Å². The Balaban J connectivity index is 1.46. The SMILES string of the molecule is Cc1ccc2c(c1O)CC(C1CCN(C(=O)c3ccccc3O)CC1)OC2CN. The molecule has 0 saturated carbocycles. The van der Waals surface area contributed by atoms with Crippen LogP contribution in [0.15, 0.2) is 36.4 Å². The molecule has 2 aliphatic heterocycles. The molecule has 1 fully saturated rings. The molecule has 0 radical (unpaired) electrons. The van der Waals surface area contributed by atoms with E-state index in [1.54, 1.807) is 23.1 Å². The highest BCUT2D eigenvalue weighted by Gasteiger charge is 2.36. The van der Waals surface area contributed by atoms with Crippen LogP contribution < -0.4 is 5.73 Å². The molecule has 4 N–H and O–H groups in total. The maximum atomic E-state index is 12.7. The number of carbonyl (C=O) groups excluding carboxylic acids is 1. The van der Waals surface area contributed by atoms with Crippen molar-refractivity contribution in [3.63, 3.8) is 0 Å². The third kappa shape index (κ3) is 3.70. The monoisotopic (exact) mass is 396 g/mol. The average molecular weight is 396 g/mol. The molecule has 2 atom stereocenters. The first kappa shape index (κ1) is 19.7. The smallest absolute Gasteiger partial charge is 0.257 e. The van der Waals surface area contributed by atoms with Crippen molar-refractivity contribution in [2.75, 3.05) is 19.6 Å². The van der Waals surface area contributed by atoms with Crippen LogP contribution in [0.4, 0.5) is 0 Å². The average Bonchev–Trinajstić information content (AvgIpc) is 2.75. The van der Waals surface area contributed by atoms with E-state index >= 15 is 0 Å². The number of para-hydroxylation sites is 1. The first-order valence-electron chi connectivity index (χ1n) is 10.2. The number of rotatable bonds is 3. The maximum absolute atomic E-state index is 12.7. The van der Waals surface area contributed by atoms with Gasteiger partial charge in [-0.2, -0.15) is 0 Å². The number of fused-ring (bicyclic) bond motifs is 1. The third-order valence-corrected chi connectivity index (χ3v) is 6.31. The first-order chi connectivity index (χ1) is 14.0. The number of carbonyl (C=O) groups is 1. The molecule has 154 valence electrons. The Hall–Kier alpha value is -2.57. The molecule has 2 unspecified atom stereocenters. The standard InChI is InChI=1S/C23H28N2O4/c1-14-6-7-16-18(22(14)27)12-20(29-21(16)13-24)15-8-10-25(11-9-15)23(28)17-4-2-3-5-19(17)26/h2-7,15,20-21,26-27H,8-13,24H2,1H3. The van der Waals surface area contributed by atoms with E-state index in [2.05, 4.69) is 0 Å². The second-order valence-electron chi connectivity index (χ2n) is 8.05. The van der Waals surface area contributed by atoms with E-state index in [9.17, 15) is 15.0 Å². The van der Waals surface area contributed by atoms with E-state index in [-0.39, 0.29) is 23.9 Å². The summed E-state index contributed by atoms with van der Waals surface area (Å²) in [4.78, 5) is 14.5. The first-order valence-corrected chi connectivity index (χ1v) is 10.2. The van der Waals surface area contributed by atoms with Crippen molar-refractivity contribution in [3.8, 4) is 11.5 Å². The second kappa shape index (κ2) is 8.05. The number of likely N-dealkylation sites (tertiary alicyclic amines) is 1. The summed E-state index contributed by atoms with van der Waals surface area (Å²) in [6.07, 6.45) is 2.08. The fraction of sp³-hybridized carbons (Fsp3) is 0.435. The molecule has 0 bridgehead atoms. The summed E-state index contributed by atoms with van der Waals surface area (Å²) in [6, 6.07) is 10.6. The fourth-order valence-corrected chi connectivity index (χ4v) is 4.58. The lowest BCUT2D eigenvalue weighted by molar-refractivity contribution is -0.0632. The summed E-state index contributed by atoms with van der Waals surface area (Å²) in [5, 5.41) is 20.5. The zero-order valence-corrected chi connectivity index (χ0v) is 16.7. The van der Waals surface area contributed by atoms with Gasteiger partial charge in [0.05, 0.1) is 17.8 Å². The van der Waals surface area contributed by atoms with Crippen molar-refractivity contribution in [1.82, 2.24) is 4.90 Å². The van der Waals surface area contributed by atoms with Crippen LogP contribution in [-0.2, 0) is 11.2 Å². The number of aryl methyl sites for hydroxylation is 1. The predicted molar refractivity (Wildman–Crippen MR) is 110 cm³/mol. The molecule has 0 spiro atoms. The molecule has 6 nitrogen and oxygen atoms in total. The number of hydrogen-bond donors (Lipinski definition) is 3. The zero-order valence-electron chi connectivity index (χ0n) is 16.7. The Bertz CT molecular complexity index is 906. The molecular formula is C23H28N2O4. The Morgan fingerprint density at radius 3 is 2.59 bits per heavy atom. The van der Waals surface area contributed by atoms with Gasteiger partial charge in [-0.05, 0) is 48.9 Å². The summed E-state index contributed by atoms with van der Waals surface area (Å²) >= 11 is 0. The van der Waals surface area contributed by atoms with Crippen LogP contribution in [0.2, 0.25) is 0 Å². The summed E-state index contributed by atoms with van der Waals surface area (Å²) in [6.45, 7) is 3.52. The van der Waals surface area contributed by atoms with Gasteiger partial charge < -0.3 is 25.6 Å². The Morgan fingerprint density at radius 2 is 1.90 bits per heavy atom. The number of phenolic OH excluding ortho intramolecular Hbond substituents is 2. The van der Waals surface area contributed by atoms with Crippen molar-refractivity contribution in [2.24, 2.45) is 11.7 Å². The number of aromatic hydroxyl groups is 2. The van der Waals surface area contributed by atoms with Crippen LogP contribution in [0.3, 0.4) is 0 Å². The number of nitrogens with zero attached hydrogens (tertiary/aromatic N) is 1. The minimum absolute atomic E-state index is 0.0171. The quantitative estimate of drug-likeness (QED) is 0.741. The lowest BCUT2D eigenvalue weighted by Crippen LogP contribution is -2.44. The molecular weight excluding hydrogens is 368 g/mol. The number of phenols is 2. The van der Waals surface area contributed by atoms with Gasteiger partial charge in [0.25, 0.3) is 5.91 Å². The molecule has 2 heterocycles. The number of piperidine rings is 1. The normalized spacial score (nSPS) is 22.3. The molecule has 1 amide bonds. The number of nitrogens with two attached hydrogens (primary N) is 1. The van der Waals surface area contributed by atoms with Gasteiger partial charge >= 0.3 is 0 Å². The maximum Gasteiger partial charge on any atom is 0.257 e. The van der Waals surface area contributed by atoms with E-state index in [1.165, 1.54) is 6.07 Å². The van der Waals surface area contributed by atoms with Crippen molar-refractivity contribution in [3.05, 3.63) is 58.7 Å². The van der Waals surface area contributed by atoms with Crippen molar-refractivity contribution in [2.45, 2.75) is 38.4 Å².